The topological polar surface area (TPSA) is 77.6 Å². The highest BCUT2D eigenvalue weighted by Crippen LogP contribution is 2.27. The van der Waals surface area contributed by atoms with E-state index in [9.17, 15) is 0 Å². The molecule has 2 aromatic rings. The van der Waals surface area contributed by atoms with Crippen molar-refractivity contribution >= 4 is 11.8 Å². The lowest BCUT2D eigenvalue weighted by Crippen LogP contribution is -2.07. The van der Waals surface area contributed by atoms with Gasteiger partial charge in [0, 0.05) is 24.5 Å². The summed E-state index contributed by atoms with van der Waals surface area (Å²) in [5.74, 6) is 0. The minimum absolute atomic E-state index is 0.441. The van der Waals surface area contributed by atoms with Gasteiger partial charge in [0.15, 0.2) is 5.16 Å². The molecule has 18 heavy (non-hydrogen) atoms. The minimum atomic E-state index is 0.441. The fraction of sp³-hybridized carbons (Fsp3) is 0.333. The van der Waals surface area contributed by atoms with Crippen LogP contribution < -0.4 is 5.73 Å². The number of aryl methyl sites for hydroxylation is 2. The van der Waals surface area contributed by atoms with Gasteiger partial charge >= 0.3 is 0 Å². The molecule has 0 saturated heterocycles. The van der Waals surface area contributed by atoms with Crippen LogP contribution >= 0.6 is 11.8 Å². The van der Waals surface area contributed by atoms with Gasteiger partial charge in [-0.05, 0) is 43.7 Å². The van der Waals surface area contributed by atoms with E-state index in [1.807, 2.05) is 20.8 Å². The summed E-state index contributed by atoms with van der Waals surface area (Å²) in [5, 5.41) is 9.74. The van der Waals surface area contributed by atoms with Crippen molar-refractivity contribution in [1.82, 2.24) is 20.2 Å². The maximum atomic E-state index is 5.78. The Kier molecular flexibility index (Phi) is 3.88. The highest BCUT2D eigenvalue weighted by Gasteiger charge is 2.12. The predicted molar refractivity (Wildman–Crippen MR) is 70.3 cm³/mol. The molecule has 0 bridgehead atoms. The fourth-order valence-electron chi connectivity index (χ4n) is 1.48. The summed E-state index contributed by atoms with van der Waals surface area (Å²) in [6.45, 7) is 6.33. The lowest BCUT2D eigenvalue weighted by Gasteiger charge is -2.09. The third-order valence-corrected chi connectivity index (χ3v) is 3.61. The summed E-state index contributed by atoms with van der Waals surface area (Å²) < 4.78 is 0. The second kappa shape index (κ2) is 5.41. The van der Waals surface area contributed by atoms with Crippen molar-refractivity contribution in [3.8, 4) is 0 Å². The van der Waals surface area contributed by atoms with Gasteiger partial charge in [-0.15, -0.1) is 5.10 Å². The highest BCUT2D eigenvalue weighted by atomic mass is 32.2. The SMILES string of the molecule is Cc1cnc(Sc2nnc(C)c(C)c2CN)nc1. The van der Waals surface area contributed by atoms with E-state index in [1.54, 1.807) is 12.4 Å². The molecule has 6 heteroatoms. The Balaban J connectivity index is 2.34. The van der Waals surface area contributed by atoms with Gasteiger partial charge < -0.3 is 5.73 Å². The minimum Gasteiger partial charge on any atom is -0.326 e. The van der Waals surface area contributed by atoms with Crippen molar-refractivity contribution in [2.45, 2.75) is 37.5 Å². The van der Waals surface area contributed by atoms with E-state index in [0.29, 0.717) is 11.7 Å². The summed E-state index contributed by atoms with van der Waals surface area (Å²) in [6.07, 6.45) is 3.57. The molecule has 0 spiro atoms. The molecular weight excluding hydrogens is 246 g/mol. The normalized spacial score (nSPS) is 10.7. The summed E-state index contributed by atoms with van der Waals surface area (Å²) in [6, 6.07) is 0. The molecule has 0 fully saturated rings. The monoisotopic (exact) mass is 261 g/mol. The second-order valence-electron chi connectivity index (χ2n) is 4.04. The quantitative estimate of drug-likeness (QED) is 0.849. The summed E-state index contributed by atoms with van der Waals surface area (Å²) in [5.41, 5.74) is 9.81. The van der Waals surface area contributed by atoms with Crippen LogP contribution in [-0.2, 0) is 6.54 Å². The molecule has 5 nitrogen and oxygen atoms in total. The van der Waals surface area contributed by atoms with E-state index in [2.05, 4.69) is 20.2 Å². The lowest BCUT2D eigenvalue weighted by atomic mass is 10.1. The van der Waals surface area contributed by atoms with Gasteiger partial charge in [-0.2, -0.15) is 5.10 Å². The number of rotatable bonds is 3. The van der Waals surface area contributed by atoms with Gasteiger partial charge in [0.2, 0.25) is 0 Å². The van der Waals surface area contributed by atoms with Crippen LogP contribution in [0.5, 0.6) is 0 Å². The van der Waals surface area contributed by atoms with Crippen LogP contribution in [0.15, 0.2) is 22.6 Å². The number of nitrogens with two attached hydrogens (primary N) is 1. The first kappa shape index (κ1) is 12.9. The van der Waals surface area contributed by atoms with Crippen LogP contribution in [0.2, 0.25) is 0 Å². The number of aromatic nitrogens is 4. The molecule has 0 saturated carbocycles. The molecule has 0 aliphatic rings. The lowest BCUT2D eigenvalue weighted by molar-refractivity contribution is 0.820. The molecule has 2 aromatic heterocycles. The zero-order valence-corrected chi connectivity index (χ0v) is 11.5. The molecule has 2 N–H and O–H groups in total. The molecular formula is C12H15N5S. The molecule has 2 rings (SSSR count). The Bertz CT molecular complexity index is 553. The molecule has 0 amide bonds. The smallest absolute Gasteiger partial charge is 0.193 e. The largest absolute Gasteiger partial charge is 0.326 e. The average Bonchev–Trinajstić information content (AvgIpc) is 2.37. The molecule has 0 aliphatic heterocycles. The highest BCUT2D eigenvalue weighted by molar-refractivity contribution is 7.99. The van der Waals surface area contributed by atoms with Crippen molar-refractivity contribution in [2.24, 2.45) is 5.73 Å². The van der Waals surface area contributed by atoms with Gasteiger partial charge in [-0.25, -0.2) is 9.97 Å². The van der Waals surface area contributed by atoms with E-state index in [-0.39, 0.29) is 0 Å². The van der Waals surface area contributed by atoms with Gasteiger partial charge in [0.05, 0.1) is 5.69 Å². The number of hydrogen-bond donors (Lipinski definition) is 1. The third kappa shape index (κ3) is 2.65. The van der Waals surface area contributed by atoms with Gasteiger partial charge in [-0.3, -0.25) is 0 Å². The first-order chi connectivity index (χ1) is 8.61. The Morgan fingerprint density at radius 3 is 2.39 bits per heavy atom. The predicted octanol–water partition coefficient (Wildman–Crippen LogP) is 1.80. The summed E-state index contributed by atoms with van der Waals surface area (Å²) in [7, 11) is 0. The standard InChI is InChI=1S/C12H15N5S/c1-7-5-14-12(15-6-7)18-11-10(4-13)8(2)9(3)16-17-11/h5-6H,4,13H2,1-3H3. The number of nitrogens with zero attached hydrogens (tertiary/aromatic N) is 4. The van der Waals surface area contributed by atoms with Crippen LogP contribution in [0.3, 0.4) is 0 Å². The first-order valence-electron chi connectivity index (χ1n) is 5.61. The van der Waals surface area contributed by atoms with Crippen molar-refractivity contribution in [2.75, 3.05) is 0 Å². The van der Waals surface area contributed by atoms with E-state index in [4.69, 9.17) is 5.73 Å². The average molecular weight is 261 g/mol. The Morgan fingerprint density at radius 2 is 1.78 bits per heavy atom. The Labute approximate surface area is 110 Å². The number of hydrogen-bond acceptors (Lipinski definition) is 6. The van der Waals surface area contributed by atoms with Crippen molar-refractivity contribution in [3.05, 3.63) is 34.8 Å². The first-order valence-corrected chi connectivity index (χ1v) is 6.42. The summed E-state index contributed by atoms with van der Waals surface area (Å²) in [4.78, 5) is 8.49. The van der Waals surface area contributed by atoms with Gasteiger partial charge in [-0.1, -0.05) is 0 Å². The van der Waals surface area contributed by atoms with E-state index in [1.165, 1.54) is 11.8 Å². The van der Waals surface area contributed by atoms with Crippen LogP contribution in [0.4, 0.5) is 0 Å². The fourth-order valence-corrected chi connectivity index (χ4v) is 2.30. The van der Waals surface area contributed by atoms with Crippen molar-refractivity contribution in [3.63, 3.8) is 0 Å². The van der Waals surface area contributed by atoms with Crippen LogP contribution in [0, 0.1) is 20.8 Å². The zero-order valence-electron chi connectivity index (χ0n) is 10.6. The van der Waals surface area contributed by atoms with E-state index < -0.39 is 0 Å². The zero-order chi connectivity index (χ0) is 13.1. The molecule has 94 valence electrons. The van der Waals surface area contributed by atoms with E-state index in [0.717, 1.165) is 27.4 Å². The molecule has 0 unspecified atom stereocenters. The van der Waals surface area contributed by atoms with Crippen molar-refractivity contribution in [1.29, 1.82) is 0 Å². The Morgan fingerprint density at radius 1 is 1.11 bits per heavy atom. The molecule has 0 aliphatic carbocycles. The maximum absolute atomic E-state index is 5.78. The van der Waals surface area contributed by atoms with Crippen LogP contribution in [0.25, 0.3) is 0 Å². The molecule has 0 atom stereocenters. The maximum Gasteiger partial charge on any atom is 0.193 e. The molecule has 2 heterocycles. The van der Waals surface area contributed by atoms with Gasteiger partial charge in [0.25, 0.3) is 0 Å². The van der Waals surface area contributed by atoms with E-state index >= 15 is 0 Å². The second-order valence-corrected chi connectivity index (χ2v) is 5.00. The van der Waals surface area contributed by atoms with Crippen LogP contribution in [-0.4, -0.2) is 20.2 Å². The Hall–Kier alpha value is -1.53. The van der Waals surface area contributed by atoms with Crippen LogP contribution in [0.1, 0.15) is 22.4 Å². The third-order valence-electron chi connectivity index (χ3n) is 2.69. The van der Waals surface area contributed by atoms with Gasteiger partial charge in [0.1, 0.15) is 5.03 Å². The van der Waals surface area contributed by atoms with Crippen molar-refractivity contribution < 1.29 is 0 Å². The summed E-state index contributed by atoms with van der Waals surface area (Å²) >= 11 is 1.39. The molecule has 0 aromatic carbocycles. The molecule has 0 radical (unpaired) electrons.